The van der Waals surface area contributed by atoms with Crippen molar-refractivity contribution in [2.45, 2.75) is 9.24 Å². The predicted octanol–water partition coefficient (Wildman–Crippen LogP) is 3.42. The molecule has 0 atom stereocenters. The van der Waals surface area contributed by atoms with Crippen molar-refractivity contribution in [1.29, 1.82) is 0 Å². The summed E-state index contributed by atoms with van der Waals surface area (Å²) in [5.41, 5.74) is 6.70. The molecule has 0 amide bonds. The zero-order valence-corrected chi connectivity index (χ0v) is 10.5. The smallest absolute Gasteiger partial charge is 0.154 e. The number of aromatic nitrogens is 2. The maximum Gasteiger partial charge on any atom is 0.154 e. The number of thiazole rings is 1. The van der Waals surface area contributed by atoms with Crippen molar-refractivity contribution in [3.05, 3.63) is 42.2 Å². The van der Waals surface area contributed by atoms with E-state index in [4.69, 9.17) is 5.73 Å². The van der Waals surface area contributed by atoms with Crippen molar-refractivity contribution in [3.8, 4) is 0 Å². The van der Waals surface area contributed by atoms with Gasteiger partial charge in [-0.25, -0.2) is 4.98 Å². The van der Waals surface area contributed by atoms with Crippen molar-refractivity contribution >= 4 is 39.6 Å². The Kier molecular flexibility index (Phi) is 2.70. The number of rotatable bonds is 2. The van der Waals surface area contributed by atoms with Gasteiger partial charge in [-0.3, -0.25) is 4.98 Å². The molecule has 2 N–H and O–H groups in total. The van der Waals surface area contributed by atoms with Gasteiger partial charge < -0.3 is 5.73 Å². The summed E-state index contributed by atoms with van der Waals surface area (Å²) in [5.74, 6) is 0. The summed E-state index contributed by atoms with van der Waals surface area (Å²) in [6.07, 6.45) is 5.40. The third-order valence-electron chi connectivity index (χ3n) is 2.42. The van der Waals surface area contributed by atoms with Crippen LogP contribution in [-0.2, 0) is 0 Å². The number of hydrogen-bond donors (Lipinski definition) is 1. The lowest BCUT2D eigenvalue weighted by Crippen LogP contribution is -1.88. The lowest BCUT2D eigenvalue weighted by Gasteiger charge is -2.06. The molecule has 0 spiro atoms. The van der Waals surface area contributed by atoms with Crippen LogP contribution in [0.1, 0.15) is 0 Å². The standard InChI is InChI=1S/C12H9N3S2/c13-10-1-2-11(17-12-15-5-6-16-12)8-3-4-14-7-9(8)10/h1-7H,13H2. The minimum atomic E-state index is 0.761. The monoisotopic (exact) mass is 259 g/mol. The molecule has 0 saturated heterocycles. The minimum absolute atomic E-state index is 0.761. The van der Waals surface area contributed by atoms with Gasteiger partial charge in [0.2, 0.25) is 0 Å². The largest absolute Gasteiger partial charge is 0.398 e. The SMILES string of the molecule is Nc1ccc(Sc2nccs2)c2ccncc12. The quantitative estimate of drug-likeness (QED) is 0.716. The molecule has 5 heteroatoms. The molecule has 0 fully saturated rings. The molecule has 3 nitrogen and oxygen atoms in total. The molecule has 0 unspecified atom stereocenters. The summed E-state index contributed by atoms with van der Waals surface area (Å²) >= 11 is 3.29. The molecular formula is C12H9N3S2. The van der Waals surface area contributed by atoms with Crippen LogP contribution in [0.3, 0.4) is 0 Å². The lowest BCUT2D eigenvalue weighted by molar-refractivity contribution is 1.25. The molecule has 0 saturated carbocycles. The Balaban J connectivity index is 2.14. The van der Waals surface area contributed by atoms with E-state index < -0.39 is 0 Å². The van der Waals surface area contributed by atoms with Gasteiger partial charge in [-0.1, -0.05) is 11.8 Å². The zero-order valence-electron chi connectivity index (χ0n) is 8.83. The summed E-state index contributed by atoms with van der Waals surface area (Å²) < 4.78 is 1.04. The number of hydrogen-bond acceptors (Lipinski definition) is 5. The van der Waals surface area contributed by atoms with Crippen LogP contribution in [0.25, 0.3) is 10.8 Å². The number of anilines is 1. The highest BCUT2D eigenvalue weighted by Crippen LogP contribution is 2.35. The highest BCUT2D eigenvalue weighted by molar-refractivity contribution is 8.01. The highest BCUT2D eigenvalue weighted by Gasteiger charge is 2.06. The molecular weight excluding hydrogens is 250 g/mol. The Morgan fingerprint density at radius 3 is 2.88 bits per heavy atom. The van der Waals surface area contributed by atoms with Crippen LogP contribution in [-0.4, -0.2) is 9.97 Å². The Bertz CT molecular complexity index is 650. The molecule has 0 aliphatic rings. The second kappa shape index (κ2) is 4.35. The van der Waals surface area contributed by atoms with Gasteiger partial charge in [-0.15, -0.1) is 11.3 Å². The maximum atomic E-state index is 5.94. The van der Waals surface area contributed by atoms with Crippen LogP contribution in [0.15, 0.2) is 51.4 Å². The number of nitrogen functional groups attached to an aromatic ring is 1. The van der Waals surface area contributed by atoms with E-state index in [1.165, 1.54) is 0 Å². The van der Waals surface area contributed by atoms with Crippen LogP contribution < -0.4 is 5.73 Å². The van der Waals surface area contributed by atoms with E-state index in [2.05, 4.69) is 9.97 Å². The van der Waals surface area contributed by atoms with Crippen molar-refractivity contribution in [3.63, 3.8) is 0 Å². The predicted molar refractivity (Wildman–Crippen MR) is 72.4 cm³/mol. The lowest BCUT2D eigenvalue weighted by atomic mass is 10.1. The average Bonchev–Trinajstić information content (AvgIpc) is 2.86. The van der Waals surface area contributed by atoms with Crippen LogP contribution in [0.2, 0.25) is 0 Å². The normalized spacial score (nSPS) is 10.8. The fourth-order valence-electron chi connectivity index (χ4n) is 1.63. The third kappa shape index (κ3) is 1.99. The first-order valence-corrected chi connectivity index (χ1v) is 6.74. The summed E-state index contributed by atoms with van der Waals surface area (Å²) in [6, 6.07) is 5.94. The van der Waals surface area contributed by atoms with E-state index in [0.29, 0.717) is 0 Å². The topological polar surface area (TPSA) is 51.8 Å². The number of nitrogens with zero attached hydrogens (tertiary/aromatic N) is 2. The average molecular weight is 259 g/mol. The zero-order chi connectivity index (χ0) is 11.7. The third-order valence-corrected chi connectivity index (χ3v) is 4.38. The van der Waals surface area contributed by atoms with Crippen molar-refractivity contribution in [2.75, 3.05) is 5.73 Å². The molecule has 0 aliphatic heterocycles. The summed E-state index contributed by atoms with van der Waals surface area (Å²) in [7, 11) is 0. The van der Waals surface area contributed by atoms with E-state index in [1.54, 1.807) is 35.5 Å². The second-order valence-corrected chi connectivity index (χ2v) is 5.66. The van der Waals surface area contributed by atoms with E-state index in [0.717, 1.165) is 25.7 Å². The van der Waals surface area contributed by atoms with Crippen LogP contribution in [0.4, 0.5) is 5.69 Å². The number of nitrogens with two attached hydrogens (primary N) is 1. The number of benzene rings is 1. The van der Waals surface area contributed by atoms with Gasteiger partial charge >= 0.3 is 0 Å². The Hall–Kier alpha value is -1.59. The first-order chi connectivity index (χ1) is 8.34. The molecule has 17 heavy (non-hydrogen) atoms. The summed E-state index contributed by atoms with van der Waals surface area (Å²) in [5, 5.41) is 4.10. The van der Waals surface area contributed by atoms with Gasteiger partial charge in [-0.2, -0.15) is 0 Å². The Labute approximate surface area is 107 Å². The van der Waals surface area contributed by atoms with Crippen LogP contribution >= 0.6 is 23.1 Å². The molecule has 0 radical (unpaired) electrons. The number of pyridine rings is 1. The van der Waals surface area contributed by atoms with Crippen LogP contribution in [0, 0.1) is 0 Å². The molecule has 0 aliphatic carbocycles. The van der Waals surface area contributed by atoms with E-state index in [-0.39, 0.29) is 0 Å². The number of fused-ring (bicyclic) bond motifs is 1. The first kappa shape index (κ1) is 10.6. The molecule has 3 aromatic rings. The molecule has 1 aromatic carbocycles. The second-order valence-electron chi connectivity index (χ2n) is 3.47. The fraction of sp³-hybridized carbons (Fsp3) is 0. The summed E-state index contributed by atoms with van der Waals surface area (Å²) in [4.78, 5) is 9.54. The van der Waals surface area contributed by atoms with Crippen molar-refractivity contribution in [2.24, 2.45) is 0 Å². The van der Waals surface area contributed by atoms with Gasteiger partial charge in [0.25, 0.3) is 0 Å². The van der Waals surface area contributed by atoms with Crippen molar-refractivity contribution in [1.82, 2.24) is 9.97 Å². The van der Waals surface area contributed by atoms with Gasteiger partial charge in [0.05, 0.1) is 0 Å². The Morgan fingerprint density at radius 2 is 2.06 bits per heavy atom. The van der Waals surface area contributed by atoms with Gasteiger partial charge in [0.1, 0.15) is 0 Å². The van der Waals surface area contributed by atoms with Gasteiger partial charge in [-0.05, 0) is 18.2 Å². The van der Waals surface area contributed by atoms with Crippen molar-refractivity contribution < 1.29 is 0 Å². The highest BCUT2D eigenvalue weighted by atomic mass is 32.2. The molecule has 84 valence electrons. The van der Waals surface area contributed by atoms with E-state index >= 15 is 0 Å². The summed E-state index contributed by atoms with van der Waals surface area (Å²) in [6.45, 7) is 0. The van der Waals surface area contributed by atoms with E-state index in [1.807, 2.05) is 29.8 Å². The van der Waals surface area contributed by atoms with Crippen LogP contribution in [0.5, 0.6) is 0 Å². The molecule has 0 bridgehead atoms. The minimum Gasteiger partial charge on any atom is -0.398 e. The Morgan fingerprint density at radius 1 is 1.12 bits per heavy atom. The van der Waals surface area contributed by atoms with E-state index in [9.17, 15) is 0 Å². The fourth-order valence-corrected chi connectivity index (χ4v) is 3.34. The molecule has 2 heterocycles. The maximum absolute atomic E-state index is 5.94. The van der Waals surface area contributed by atoms with Gasteiger partial charge in [0, 0.05) is 45.3 Å². The first-order valence-electron chi connectivity index (χ1n) is 5.04. The molecule has 2 aromatic heterocycles. The molecule has 3 rings (SSSR count). The van der Waals surface area contributed by atoms with Gasteiger partial charge in [0.15, 0.2) is 4.34 Å².